The lowest BCUT2D eigenvalue weighted by Gasteiger charge is -2.39. The van der Waals surface area contributed by atoms with E-state index >= 15 is 0 Å². The molecule has 0 aliphatic carbocycles. The van der Waals surface area contributed by atoms with Gasteiger partial charge < -0.3 is 10.6 Å². The molecule has 0 bridgehead atoms. The highest BCUT2D eigenvalue weighted by atomic mass is 19.1. The minimum absolute atomic E-state index is 0.183. The normalized spacial score (nSPS) is 20.8. The van der Waals surface area contributed by atoms with E-state index in [1.807, 2.05) is 12.1 Å². The van der Waals surface area contributed by atoms with Gasteiger partial charge >= 0.3 is 0 Å². The first-order valence-electron chi connectivity index (χ1n) is 7.50. The van der Waals surface area contributed by atoms with Crippen LogP contribution in [-0.2, 0) is 5.54 Å². The van der Waals surface area contributed by atoms with E-state index in [2.05, 4.69) is 23.8 Å². The molecule has 20 heavy (non-hydrogen) atoms. The van der Waals surface area contributed by atoms with Gasteiger partial charge in [-0.1, -0.05) is 31.5 Å². The van der Waals surface area contributed by atoms with Gasteiger partial charge in [-0.2, -0.15) is 0 Å². The van der Waals surface area contributed by atoms with Gasteiger partial charge in [0.15, 0.2) is 0 Å². The van der Waals surface area contributed by atoms with E-state index in [0.29, 0.717) is 5.56 Å². The maximum atomic E-state index is 14.1. The van der Waals surface area contributed by atoms with Crippen molar-refractivity contribution in [1.82, 2.24) is 9.80 Å². The number of nitrogens with two attached hydrogens (primary N) is 1. The summed E-state index contributed by atoms with van der Waals surface area (Å²) >= 11 is 0. The standard InChI is InChI=1S/C16H26FN3/c1-3-8-16(18,14-6-4-5-7-15(14)17)13-20-11-9-19(2)10-12-20/h4-7H,3,8-13,18H2,1-2H3. The topological polar surface area (TPSA) is 32.5 Å². The van der Waals surface area contributed by atoms with Gasteiger partial charge in [-0.25, -0.2) is 4.39 Å². The summed E-state index contributed by atoms with van der Waals surface area (Å²) in [4.78, 5) is 4.68. The van der Waals surface area contributed by atoms with Crippen LogP contribution in [0.15, 0.2) is 24.3 Å². The Hall–Kier alpha value is -0.970. The molecular formula is C16H26FN3. The average molecular weight is 279 g/mol. The number of likely N-dealkylation sites (N-methyl/N-ethyl adjacent to an activating group) is 1. The van der Waals surface area contributed by atoms with Crippen LogP contribution in [0.3, 0.4) is 0 Å². The van der Waals surface area contributed by atoms with Gasteiger partial charge in [-0.05, 0) is 19.5 Å². The van der Waals surface area contributed by atoms with Crippen molar-refractivity contribution in [2.45, 2.75) is 25.3 Å². The number of benzene rings is 1. The fraction of sp³-hybridized carbons (Fsp3) is 0.625. The summed E-state index contributed by atoms with van der Waals surface area (Å²) in [7, 11) is 2.13. The van der Waals surface area contributed by atoms with Crippen LogP contribution in [0.1, 0.15) is 25.3 Å². The van der Waals surface area contributed by atoms with Crippen molar-refractivity contribution in [3.05, 3.63) is 35.6 Å². The number of rotatable bonds is 5. The molecule has 0 radical (unpaired) electrons. The second kappa shape index (κ2) is 6.66. The highest BCUT2D eigenvalue weighted by molar-refractivity contribution is 5.26. The molecule has 0 saturated carbocycles. The monoisotopic (exact) mass is 279 g/mol. The fourth-order valence-electron chi connectivity index (χ4n) is 3.02. The lowest BCUT2D eigenvalue weighted by Crippen LogP contribution is -2.53. The lowest BCUT2D eigenvalue weighted by molar-refractivity contribution is 0.121. The van der Waals surface area contributed by atoms with Gasteiger partial charge in [0.1, 0.15) is 5.82 Å². The van der Waals surface area contributed by atoms with Gasteiger partial charge in [0, 0.05) is 38.3 Å². The zero-order chi connectivity index (χ0) is 14.6. The Morgan fingerprint density at radius 3 is 2.45 bits per heavy atom. The van der Waals surface area contributed by atoms with Crippen molar-refractivity contribution < 1.29 is 4.39 Å². The molecule has 2 rings (SSSR count). The second-order valence-corrected chi connectivity index (χ2v) is 5.97. The van der Waals surface area contributed by atoms with E-state index < -0.39 is 5.54 Å². The molecule has 1 aromatic rings. The summed E-state index contributed by atoms with van der Waals surface area (Å²) in [6, 6.07) is 6.94. The van der Waals surface area contributed by atoms with Crippen LogP contribution in [0, 0.1) is 5.82 Å². The molecule has 0 amide bonds. The molecule has 1 heterocycles. The SMILES string of the molecule is CCCC(N)(CN1CCN(C)CC1)c1ccccc1F. The second-order valence-electron chi connectivity index (χ2n) is 5.97. The Morgan fingerprint density at radius 1 is 1.20 bits per heavy atom. The summed E-state index contributed by atoms with van der Waals surface area (Å²) in [5.74, 6) is -0.183. The van der Waals surface area contributed by atoms with E-state index in [-0.39, 0.29) is 5.82 Å². The highest BCUT2D eigenvalue weighted by Gasteiger charge is 2.32. The average Bonchev–Trinajstić information content (AvgIpc) is 2.42. The fourth-order valence-corrected chi connectivity index (χ4v) is 3.02. The quantitative estimate of drug-likeness (QED) is 0.895. The molecule has 112 valence electrons. The third-order valence-electron chi connectivity index (χ3n) is 4.21. The maximum Gasteiger partial charge on any atom is 0.128 e. The largest absolute Gasteiger partial charge is 0.320 e. The Kier molecular flexibility index (Phi) is 5.13. The molecule has 1 atom stereocenters. The van der Waals surface area contributed by atoms with E-state index in [1.165, 1.54) is 6.07 Å². The minimum Gasteiger partial charge on any atom is -0.320 e. The molecule has 1 unspecified atom stereocenters. The van der Waals surface area contributed by atoms with Gasteiger partial charge in [0.2, 0.25) is 0 Å². The molecule has 3 nitrogen and oxygen atoms in total. The number of nitrogens with zero attached hydrogens (tertiary/aromatic N) is 2. The van der Waals surface area contributed by atoms with Gasteiger partial charge in [0.25, 0.3) is 0 Å². The lowest BCUT2D eigenvalue weighted by atomic mass is 9.85. The summed E-state index contributed by atoms with van der Waals surface area (Å²) in [6.45, 7) is 6.96. The van der Waals surface area contributed by atoms with Crippen molar-refractivity contribution in [3.8, 4) is 0 Å². The van der Waals surface area contributed by atoms with Crippen LogP contribution < -0.4 is 5.73 Å². The predicted octanol–water partition coefficient (Wildman–Crippen LogP) is 2.03. The van der Waals surface area contributed by atoms with Gasteiger partial charge in [0.05, 0.1) is 5.54 Å². The van der Waals surface area contributed by atoms with Crippen LogP contribution in [0.25, 0.3) is 0 Å². The van der Waals surface area contributed by atoms with Crippen LogP contribution >= 0.6 is 0 Å². The Bertz CT molecular complexity index is 429. The minimum atomic E-state index is -0.587. The number of piperazine rings is 1. The summed E-state index contributed by atoms with van der Waals surface area (Å²) < 4.78 is 14.1. The maximum absolute atomic E-state index is 14.1. The molecule has 1 saturated heterocycles. The molecule has 0 spiro atoms. The third kappa shape index (κ3) is 3.57. The van der Waals surface area contributed by atoms with Crippen LogP contribution in [-0.4, -0.2) is 49.6 Å². The van der Waals surface area contributed by atoms with E-state index in [1.54, 1.807) is 6.07 Å². The number of hydrogen-bond acceptors (Lipinski definition) is 3. The first-order valence-corrected chi connectivity index (χ1v) is 7.50. The number of hydrogen-bond donors (Lipinski definition) is 1. The Morgan fingerprint density at radius 2 is 1.85 bits per heavy atom. The molecule has 1 aromatic carbocycles. The molecule has 2 N–H and O–H groups in total. The van der Waals surface area contributed by atoms with Crippen molar-refractivity contribution in [1.29, 1.82) is 0 Å². The molecule has 1 aliphatic rings. The predicted molar refractivity (Wildman–Crippen MR) is 81.1 cm³/mol. The van der Waals surface area contributed by atoms with E-state index in [4.69, 9.17) is 5.73 Å². The summed E-state index contributed by atoms with van der Waals surface area (Å²) in [5, 5.41) is 0. The van der Waals surface area contributed by atoms with E-state index in [0.717, 1.165) is 45.6 Å². The first kappa shape index (κ1) is 15.4. The van der Waals surface area contributed by atoms with Crippen LogP contribution in [0.4, 0.5) is 4.39 Å². The number of halogens is 1. The zero-order valence-electron chi connectivity index (χ0n) is 12.6. The van der Waals surface area contributed by atoms with Crippen LogP contribution in [0.5, 0.6) is 0 Å². The first-order chi connectivity index (χ1) is 9.55. The van der Waals surface area contributed by atoms with Crippen molar-refractivity contribution in [2.75, 3.05) is 39.8 Å². The smallest absolute Gasteiger partial charge is 0.128 e. The van der Waals surface area contributed by atoms with Crippen LogP contribution in [0.2, 0.25) is 0 Å². The Labute approximate surface area is 121 Å². The van der Waals surface area contributed by atoms with Crippen molar-refractivity contribution in [3.63, 3.8) is 0 Å². The van der Waals surface area contributed by atoms with Gasteiger partial charge in [-0.3, -0.25) is 4.90 Å². The van der Waals surface area contributed by atoms with Crippen molar-refractivity contribution >= 4 is 0 Å². The molecule has 1 aliphatic heterocycles. The molecular weight excluding hydrogens is 253 g/mol. The van der Waals surface area contributed by atoms with Crippen molar-refractivity contribution in [2.24, 2.45) is 5.73 Å². The molecule has 4 heteroatoms. The highest BCUT2D eigenvalue weighted by Crippen LogP contribution is 2.27. The molecule has 1 fully saturated rings. The summed E-state index contributed by atoms with van der Waals surface area (Å²) in [5.41, 5.74) is 6.67. The van der Waals surface area contributed by atoms with Gasteiger partial charge in [-0.15, -0.1) is 0 Å². The third-order valence-corrected chi connectivity index (χ3v) is 4.21. The Balaban J connectivity index is 2.15. The molecule has 0 aromatic heterocycles. The van der Waals surface area contributed by atoms with E-state index in [9.17, 15) is 4.39 Å². The summed E-state index contributed by atoms with van der Waals surface area (Å²) in [6.07, 6.45) is 1.76. The zero-order valence-corrected chi connectivity index (χ0v) is 12.6.